The summed E-state index contributed by atoms with van der Waals surface area (Å²) in [7, 11) is 2.08. The molecule has 7 heteroatoms. The van der Waals surface area contributed by atoms with Crippen LogP contribution in [0.25, 0.3) is 11.3 Å². The molecule has 2 aromatic rings. The van der Waals surface area contributed by atoms with Gasteiger partial charge in [-0.25, -0.2) is 4.79 Å². The number of hydrogen-bond donors (Lipinski definition) is 1. The standard InChI is InChI=1S/C25H30N4O3/c1-24(2,3)32-23(31)29-12-25(13-29)10-19-20(22(30)27-25)16-8-7-15-11-26-18(14-5-6-14)9-17(15)21(16)28(19)4/h9,11,14H,5-8,10,12-13H2,1-4H3,(H,27,30). The average molecular weight is 435 g/mol. The molecule has 1 saturated carbocycles. The number of aromatic nitrogens is 2. The van der Waals surface area contributed by atoms with Crippen LogP contribution in [-0.2, 0) is 31.0 Å². The Kier molecular flexibility index (Phi) is 3.94. The molecule has 168 valence electrons. The Hall–Kier alpha value is -2.83. The minimum Gasteiger partial charge on any atom is -0.444 e. The molecule has 6 rings (SSSR count). The van der Waals surface area contributed by atoms with E-state index in [1.807, 2.05) is 27.0 Å². The molecule has 2 aliphatic heterocycles. The van der Waals surface area contributed by atoms with Crippen molar-refractivity contribution in [1.82, 2.24) is 19.8 Å². The SMILES string of the molecule is Cn1c2c(c3c1-c1cc(C4CC4)ncc1CC3)C(=O)NC1(C2)CN(C(=O)OC(C)(C)C)C1. The van der Waals surface area contributed by atoms with Crippen LogP contribution < -0.4 is 5.32 Å². The molecule has 1 N–H and O–H groups in total. The van der Waals surface area contributed by atoms with Gasteiger partial charge in [0.25, 0.3) is 5.91 Å². The summed E-state index contributed by atoms with van der Waals surface area (Å²) in [5.41, 5.74) is 7.04. The topological polar surface area (TPSA) is 76.5 Å². The molecular formula is C25H30N4O3. The van der Waals surface area contributed by atoms with Gasteiger partial charge in [-0.05, 0) is 63.6 Å². The van der Waals surface area contributed by atoms with Crippen molar-refractivity contribution in [3.63, 3.8) is 0 Å². The second kappa shape index (κ2) is 6.36. The smallest absolute Gasteiger partial charge is 0.410 e. The molecule has 4 heterocycles. The molecule has 0 bridgehead atoms. The van der Waals surface area contributed by atoms with Crippen molar-refractivity contribution in [1.29, 1.82) is 0 Å². The van der Waals surface area contributed by atoms with Gasteiger partial charge in [-0.15, -0.1) is 0 Å². The van der Waals surface area contributed by atoms with Crippen LogP contribution in [0.15, 0.2) is 12.3 Å². The molecule has 0 aromatic carbocycles. The van der Waals surface area contributed by atoms with Crippen LogP contribution in [0.3, 0.4) is 0 Å². The Morgan fingerprint density at radius 3 is 2.69 bits per heavy atom. The first-order chi connectivity index (χ1) is 15.1. The van der Waals surface area contributed by atoms with Crippen molar-refractivity contribution in [3.8, 4) is 11.3 Å². The van der Waals surface area contributed by atoms with Crippen LogP contribution >= 0.6 is 0 Å². The molecule has 0 radical (unpaired) electrons. The zero-order chi connectivity index (χ0) is 22.4. The Morgan fingerprint density at radius 2 is 2.00 bits per heavy atom. The third kappa shape index (κ3) is 2.97. The van der Waals surface area contributed by atoms with E-state index >= 15 is 0 Å². The first-order valence-corrected chi connectivity index (χ1v) is 11.6. The second-order valence-electron chi connectivity index (χ2n) is 11.0. The highest BCUT2D eigenvalue weighted by atomic mass is 16.6. The Morgan fingerprint density at radius 1 is 1.25 bits per heavy atom. The van der Waals surface area contributed by atoms with Crippen LogP contribution in [0, 0.1) is 0 Å². The first kappa shape index (κ1) is 19.8. The van der Waals surface area contributed by atoms with Gasteiger partial charge in [0.15, 0.2) is 0 Å². The maximum Gasteiger partial charge on any atom is 0.410 e. The van der Waals surface area contributed by atoms with E-state index in [-0.39, 0.29) is 12.0 Å². The fourth-order valence-electron chi connectivity index (χ4n) is 5.64. The summed E-state index contributed by atoms with van der Waals surface area (Å²) < 4.78 is 7.73. The number of hydrogen-bond acceptors (Lipinski definition) is 4. The van der Waals surface area contributed by atoms with E-state index in [0.717, 1.165) is 30.5 Å². The number of nitrogens with one attached hydrogen (secondary N) is 1. The molecule has 1 spiro atoms. The van der Waals surface area contributed by atoms with Gasteiger partial charge in [-0.3, -0.25) is 9.78 Å². The quantitative estimate of drug-likeness (QED) is 0.747. The Balaban J connectivity index is 1.32. The Bertz CT molecular complexity index is 1160. The Labute approximate surface area is 188 Å². The number of carbonyl (C=O) groups is 2. The molecule has 4 aliphatic rings. The summed E-state index contributed by atoms with van der Waals surface area (Å²) in [5, 5.41) is 3.25. The summed E-state index contributed by atoms with van der Waals surface area (Å²) >= 11 is 0. The van der Waals surface area contributed by atoms with Crippen molar-refractivity contribution in [2.45, 2.75) is 69.9 Å². The van der Waals surface area contributed by atoms with E-state index in [0.29, 0.717) is 19.0 Å². The highest BCUT2D eigenvalue weighted by Gasteiger charge is 2.52. The van der Waals surface area contributed by atoms with Crippen LogP contribution in [0.4, 0.5) is 4.79 Å². The molecule has 2 aliphatic carbocycles. The fraction of sp³-hybridized carbons (Fsp3) is 0.560. The zero-order valence-electron chi connectivity index (χ0n) is 19.2. The minimum absolute atomic E-state index is 0.00754. The molecule has 1 saturated heterocycles. The van der Waals surface area contributed by atoms with Crippen LogP contribution in [0.2, 0.25) is 0 Å². The highest BCUT2D eigenvalue weighted by Crippen LogP contribution is 2.45. The van der Waals surface area contributed by atoms with Crippen molar-refractivity contribution >= 4 is 12.0 Å². The van der Waals surface area contributed by atoms with Gasteiger partial charge in [-0.1, -0.05) is 0 Å². The van der Waals surface area contributed by atoms with Gasteiger partial charge in [0.1, 0.15) is 5.60 Å². The number of likely N-dealkylation sites (tertiary alicyclic amines) is 1. The van der Waals surface area contributed by atoms with Gasteiger partial charge in [0, 0.05) is 55.6 Å². The van der Waals surface area contributed by atoms with Crippen LogP contribution in [-0.4, -0.2) is 50.7 Å². The summed E-state index contributed by atoms with van der Waals surface area (Å²) in [6.07, 6.45) is 6.69. The number of amides is 2. The van der Waals surface area contributed by atoms with E-state index in [4.69, 9.17) is 9.72 Å². The molecule has 0 atom stereocenters. The van der Waals surface area contributed by atoms with Crippen molar-refractivity contribution in [2.24, 2.45) is 7.05 Å². The lowest BCUT2D eigenvalue weighted by atomic mass is 9.80. The largest absolute Gasteiger partial charge is 0.444 e. The molecule has 2 aromatic heterocycles. The lowest BCUT2D eigenvalue weighted by Crippen LogP contribution is -2.74. The van der Waals surface area contributed by atoms with Crippen molar-refractivity contribution < 1.29 is 14.3 Å². The van der Waals surface area contributed by atoms with Gasteiger partial charge < -0.3 is 19.5 Å². The third-order valence-corrected chi connectivity index (χ3v) is 7.27. The predicted molar refractivity (Wildman–Crippen MR) is 120 cm³/mol. The summed E-state index contributed by atoms with van der Waals surface area (Å²) in [6, 6.07) is 2.26. The minimum atomic E-state index is -0.526. The molecule has 7 nitrogen and oxygen atoms in total. The zero-order valence-corrected chi connectivity index (χ0v) is 19.2. The summed E-state index contributed by atoms with van der Waals surface area (Å²) in [6.45, 7) is 6.56. The van der Waals surface area contributed by atoms with Gasteiger partial charge in [0.05, 0.1) is 16.8 Å². The van der Waals surface area contributed by atoms with Crippen molar-refractivity contribution in [3.05, 3.63) is 40.3 Å². The number of nitrogens with zero attached hydrogens (tertiary/aromatic N) is 3. The van der Waals surface area contributed by atoms with Gasteiger partial charge >= 0.3 is 6.09 Å². The molecule has 32 heavy (non-hydrogen) atoms. The average Bonchev–Trinajstić information content (AvgIpc) is 3.49. The maximum atomic E-state index is 13.3. The number of aryl methyl sites for hydroxylation is 1. The molecule has 0 unspecified atom stereocenters. The first-order valence-electron chi connectivity index (χ1n) is 11.6. The summed E-state index contributed by atoms with van der Waals surface area (Å²) in [5.74, 6) is 0.591. The maximum absolute atomic E-state index is 13.3. The second-order valence-corrected chi connectivity index (χ2v) is 11.0. The van der Waals surface area contributed by atoms with Gasteiger partial charge in [-0.2, -0.15) is 0 Å². The van der Waals surface area contributed by atoms with E-state index in [1.165, 1.54) is 40.9 Å². The van der Waals surface area contributed by atoms with Crippen LogP contribution in [0.5, 0.6) is 0 Å². The normalized spacial score (nSPS) is 20.8. The number of rotatable bonds is 1. The lowest BCUT2D eigenvalue weighted by molar-refractivity contribution is -0.0170. The van der Waals surface area contributed by atoms with E-state index in [1.54, 1.807) is 4.90 Å². The predicted octanol–water partition coefficient (Wildman–Crippen LogP) is 3.34. The fourth-order valence-corrected chi connectivity index (χ4v) is 5.64. The third-order valence-electron chi connectivity index (χ3n) is 7.27. The number of fused-ring (bicyclic) bond motifs is 5. The van der Waals surface area contributed by atoms with E-state index in [9.17, 15) is 9.59 Å². The monoisotopic (exact) mass is 434 g/mol. The number of pyridine rings is 1. The van der Waals surface area contributed by atoms with E-state index in [2.05, 4.69) is 23.0 Å². The van der Waals surface area contributed by atoms with Gasteiger partial charge in [0.2, 0.25) is 0 Å². The molecule has 2 fully saturated rings. The number of carbonyl (C=O) groups excluding carboxylic acids is 2. The van der Waals surface area contributed by atoms with Crippen LogP contribution in [0.1, 0.15) is 72.4 Å². The number of ether oxygens (including phenoxy) is 1. The lowest BCUT2D eigenvalue weighted by Gasteiger charge is -2.51. The highest BCUT2D eigenvalue weighted by molar-refractivity contribution is 6.01. The molecular weight excluding hydrogens is 404 g/mol. The van der Waals surface area contributed by atoms with Crippen molar-refractivity contribution in [2.75, 3.05) is 13.1 Å². The molecule has 2 amide bonds. The van der Waals surface area contributed by atoms with E-state index < -0.39 is 11.1 Å². The summed E-state index contributed by atoms with van der Waals surface area (Å²) in [4.78, 5) is 32.1.